The minimum atomic E-state index is 0.720. The van der Waals surface area contributed by atoms with E-state index in [-0.39, 0.29) is 0 Å². The molecule has 0 atom stereocenters. The van der Waals surface area contributed by atoms with Crippen LogP contribution in [0.3, 0.4) is 0 Å². The molecule has 1 aromatic carbocycles. The highest BCUT2D eigenvalue weighted by atomic mass is 16.3. The molecule has 1 aliphatic rings. The van der Waals surface area contributed by atoms with Gasteiger partial charge in [-0.05, 0) is 57.1 Å². The molecule has 0 unspecified atom stereocenters. The van der Waals surface area contributed by atoms with Gasteiger partial charge in [0, 0.05) is 12.1 Å². The van der Waals surface area contributed by atoms with Crippen molar-refractivity contribution in [1.82, 2.24) is 15.2 Å². The lowest BCUT2D eigenvalue weighted by atomic mass is 9.97. The summed E-state index contributed by atoms with van der Waals surface area (Å²) in [5, 5.41) is 3.46. The number of piperidine rings is 1. The molecule has 1 aromatic heterocycles. The first kappa shape index (κ1) is 15.3. The van der Waals surface area contributed by atoms with E-state index in [1.807, 2.05) is 30.3 Å². The van der Waals surface area contributed by atoms with Crippen LogP contribution >= 0.6 is 0 Å². The standard InChI is InChI=1S/C18H25N3O/c1-2-19-12-15-8-10-21(11-9-15)13-17-14-22-18(20-17)16-6-4-3-5-7-16/h3-7,14-15,19H,2,8-13H2,1H3. The van der Waals surface area contributed by atoms with Crippen LogP contribution in [0.5, 0.6) is 0 Å². The second kappa shape index (κ2) is 7.56. The summed E-state index contributed by atoms with van der Waals surface area (Å²) in [5.74, 6) is 1.55. The van der Waals surface area contributed by atoms with E-state index in [1.165, 1.54) is 12.8 Å². The van der Waals surface area contributed by atoms with Gasteiger partial charge in [-0.25, -0.2) is 4.98 Å². The lowest BCUT2D eigenvalue weighted by molar-refractivity contribution is 0.174. The maximum Gasteiger partial charge on any atom is 0.226 e. The van der Waals surface area contributed by atoms with Gasteiger partial charge in [0.05, 0.1) is 5.69 Å². The first-order valence-corrected chi connectivity index (χ1v) is 8.28. The summed E-state index contributed by atoms with van der Waals surface area (Å²) >= 11 is 0. The van der Waals surface area contributed by atoms with Crippen molar-refractivity contribution in [3.8, 4) is 11.5 Å². The van der Waals surface area contributed by atoms with E-state index < -0.39 is 0 Å². The fourth-order valence-electron chi connectivity index (χ4n) is 3.02. The van der Waals surface area contributed by atoms with Gasteiger partial charge < -0.3 is 9.73 Å². The predicted octanol–water partition coefficient (Wildman–Crippen LogP) is 3.16. The van der Waals surface area contributed by atoms with E-state index >= 15 is 0 Å². The third-order valence-electron chi connectivity index (χ3n) is 4.35. The van der Waals surface area contributed by atoms with Crippen molar-refractivity contribution in [3.05, 3.63) is 42.3 Å². The fourth-order valence-corrected chi connectivity index (χ4v) is 3.02. The predicted molar refractivity (Wildman–Crippen MR) is 88.5 cm³/mol. The van der Waals surface area contributed by atoms with E-state index in [9.17, 15) is 0 Å². The van der Waals surface area contributed by atoms with Gasteiger partial charge in [0.15, 0.2) is 0 Å². The molecule has 1 saturated heterocycles. The number of aromatic nitrogens is 1. The number of hydrogen-bond acceptors (Lipinski definition) is 4. The number of rotatable bonds is 6. The van der Waals surface area contributed by atoms with Crippen molar-refractivity contribution in [2.75, 3.05) is 26.2 Å². The summed E-state index contributed by atoms with van der Waals surface area (Å²) in [6.45, 7) is 7.61. The smallest absolute Gasteiger partial charge is 0.226 e. The Kier molecular flexibility index (Phi) is 5.24. The van der Waals surface area contributed by atoms with Crippen molar-refractivity contribution in [2.45, 2.75) is 26.3 Å². The molecule has 3 rings (SSSR count). The largest absolute Gasteiger partial charge is 0.444 e. The first-order chi connectivity index (χ1) is 10.8. The van der Waals surface area contributed by atoms with Gasteiger partial charge >= 0.3 is 0 Å². The van der Waals surface area contributed by atoms with Gasteiger partial charge in [0.25, 0.3) is 0 Å². The zero-order valence-electron chi connectivity index (χ0n) is 13.3. The Morgan fingerprint density at radius 3 is 2.73 bits per heavy atom. The highest BCUT2D eigenvalue weighted by Crippen LogP contribution is 2.21. The molecule has 1 aliphatic heterocycles. The van der Waals surface area contributed by atoms with Crippen LogP contribution in [0.4, 0.5) is 0 Å². The number of benzene rings is 1. The van der Waals surface area contributed by atoms with Gasteiger partial charge in [-0.3, -0.25) is 4.90 Å². The number of nitrogens with zero attached hydrogens (tertiary/aromatic N) is 2. The van der Waals surface area contributed by atoms with Crippen LogP contribution in [0.25, 0.3) is 11.5 Å². The molecule has 2 aromatic rings. The lowest BCUT2D eigenvalue weighted by Crippen LogP contribution is -2.36. The Labute approximate surface area is 132 Å². The van der Waals surface area contributed by atoms with E-state index in [0.717, 1.165) is 55.8 Å². The van der Waals surface area contributed by atoms with Crippen LogP contribution in [-0.2, 0) is 6.54 Å². The average molecular weight is 299 g/mol. The highest BCUT2D eigenvalue weighted by molar-refractivity contribution is 5.52. The Morgan fingerprint density at radius 1 is 1.23 bits per heavy atom. The van der Waals surface area contributed by atoms with Crippen molar-refractivity contribution in [2.24, 2.45) is 5.92 Å². The molecule has 0 spiro atoms. The Balaban J connectivity index is 1.51. The molecule has 22 heavy (non-hydrogen) atoms. The Morgan fingerprint density at radius 2 is 2.00 bits per heavy atom. The van der Waals surface area contributed by atoms with Gasteiger partial charge in [-0.2, -0.15) is 0 Å². The quantitative estimate of drug-likeness (QED) is 0.889. The Hall–Kier alpha value is -1.65. The highest BCUT2D eigenvalue weighted by Gasteiger charge is 2.19. The minimum Gasteiger partial charge on any atom is -0.444 e. The van der Waals surface area contributed by atoms with Crippen LogP contribution in [0.15, 0.2) is 41.0 Å². The molecular formula is C18H25N3O. The molecule has 1 fully saturated rings. The normalized spacial score (nSPS) is 17.0. The maximum absolute atomic E-state index is 5.62. The van der Waals surface area contributed by atoms with Crippen LogP contribution in [-0.4, -0.2) is 36.1 Å². The second-order valence-electron chi connectivity index (χ2n) is 6.04. The van der Waals surface area contributed by atoms with Crippen molar-refractivity contribution < 1.29 is 4.42 Å². The average Bonchev–Trinajstić information content (AvgIpc) is 3.04. The molecule has 0 bridgehead atoms. The molecule has 4 heteroatoms. The second-order valence-corrected chi connectivity index (χ2v) is 6.04. The molecule has 0 radical (unpaired) electrons. The van der Waals surface area contributed by atoms with Crippen LogP contribution in [0.2, 0.25) is 0 Å². The maximum atomic E-state index is 5.62. The topological polar surface area (TPSA) is 41.3 Å². The monoisotopic (exact) mass is 299 g/mol. The molecule has 0 aliphatic carbocycles. The van der Waals surface area contributed by atoms with Crippen molar-refractivity contribution in [1.29, 1.82) is 0 Å². The summed E-state index contributed by atoms with van der Waals surface area (Å²) in [6, 6.07) is 10.1. The third kappa shape index (κ3) is 3.96. The van der Waals surface area contributed by atoms with E-state index in [4.69, 9.17) is 4.42 Å². The third-order valence-corrected chi connectivity index (χ3v) is 4.35. The summed E-state index contributed by atoms with van der Waals surface area (Å²) < 4.78 is 5.62. The van der Waals surface area contributed by atoms with Gasteiger partial charge in [0.2, 0.25) is 5.89 Å². The summed E-state index contributed by atoms with van der Waals surface area (Å²) in [7, 11) is 0. The first-order valence-electron chi connectivity index (χ1n) is 8.28. The van der Waals surface area contributed by atoms with E-state index in [1.54, 1.807) is 6.26 Å². The molecule has 1 N–H and O–H groups in total. The van der Waals surface area contributed by atoms with Crippen LogP contribution < -0.4 is 5.32 Å². The molecular weight excluding hydrogens is 274 g/mol. The summed E-state index contributed by atoms with van der Waals surface area (Å²) in [6.07, 6.45) is 4.35. The summed E-state index contributed by atoms with van der Waals surface area (Å²) in [5.41, 5.74) is 2.07. The molecule has 118 valence electrons. The van der Waals surface area contributed by atoms with Crippen LogP contribution in [0, 0.1) is 5.92 Å². The fraction of sp³-hybridized carbons (Fsp3) is 0.500. The number of oxazole rings is 1. The Bertz CT molecular complexity index is 559. The molecule has 4 nitrogen and oxygen atoms in total. The van der Waals surface area contributed by atoms with Gasteiger partial charge in [-0.15, -0.1) is 0 Å². The SMILES string of the molecule is CCNCC1CCN(Cc2coc(-c3ccccc3)n2)CC1. The summed E-state index contributed by atoms with van der Waals surface area (Å²) in [4.78, 5) is 7.10. The lowest BCUT2D eigenvalue weighted by Gasteiger charge is -2.31. The zero-order valence-corrected chi connectivity index (χ0v) is 13.3. The molecule has 0 saturated carbocycles. The van der Waals surface area contributed by atoms with Gasteiger partial charge in [-0.1, -0.05) is 25.1 Å². The number of hydrogen-bond donors (Lipinski definition) is 1. The van der Waals surface area contributed by atoms with E-state index in [2.05, 4.69) is 22.1 Å². The van der Waals surface area contributed by atoms with E-state index in [0.29, 0.717) is 0 Å². The number of likely N-dealkylation sites (tertiary alicyclic amines) is 1. The van der Waals surface area contributed by atoms with Crippen molar-refractivity contribution in [3.63, 3.8) is 0 Å². The van der Waals surface area contributed by atoms with Crippen molar-refractivity contribution >= 4 is 0 Å². The zero-order chi connectivity index (χ0) is 15.2. The number of nitrogens with one attached hydrogen (secondary N) is 1. The van der Waals surface area contributed by atoms with Gasteiger partial charge in [0.1, 0.15) is 6.26 Å². The van der Waals surface area contributed by atoms with Crippen LogP contribution in [0.1, 0.15) is 25.5 Å². The molecule has 0 amide bonds. The molecule has 2 heterocycles. The minimum absolute atomic E-state index is 0.720.